The predicted octanol–water partition coefficient (Wildman–Crippen LogP) is 3.05. The second kappa shape index (κ2) is 6.16. The zero-order valence-electron chi connectivity index (χ0n) is 11.8. The topological polar surface area (TPSA) is 34.1 Å². The van der Waals surface area contributed by atoms with Gasteiger partial charge in [-0.15, -0.1) is 0 Å². The van der Waals surface area contributed by atoms with E-state index < -0.39 is 0 Å². The molecule has 104 valence electrons. The fourth-order valence-corrected chi connectivity index (χ4v) is 2.68. The summed E-state index contributed by atoms with van der Waals surface area (Å²) in [4.78, 5) is 4.17. The van der Waals surface area contributed by atoms with Gasteiger partial charge < -0.3 is 10.1 Å². The van der Waals surface area contributed by atoms with Crippen LogP contribution in [0.1, 0.15) is 35.8 Å². The first-order chi connectivity index (χ1) is 9.84. The van der Waals surface area contributed by atoms with Gasteiger partial charge in [-0.1, -0.05) is 30.3 Å². The third-order valence-electron chi connectivity index (χ3n) is 3.89. The number of ether oxygens (including phenoxy) is 1. The molecule has 1 aromatic heterocycles. The number of rotatable bonds is 4. The Labute approximate surface area is 120 Å². The van der Waals surface area contributed by atoms with Gasteiger partial charge in [-0.2, -0.15) is 0 Å². The lowest BCUT2D eigenvalue weighted by Gasteiger charge is -2.27. The van der Waals surface area contributed by atoms with Crippen molar-refractivity contribution in [2.45, 2.75) is 25.5 Å². The molecule has 0 saturated heterocycles. The van der Waals surface area contributed by atoms with Gasteiger partial charge in [0.1, 0.15) is 0 Å². The Morgan fingerprint density at radius 2 is 2.20 bits per heavy atom. The monoisotopic (exact) mass is 268 g/mol. The zero-order valence-corrected chi connectivity index (χ0v) is 11.8. The van der Waals surface area contributed by atoms with E-state index >= 15 is 0 Å². The van der Waals surface area contributed by atoms with Crippen LogP contribution in [-0.2, 0) is 11.2 Å². The summed E-state index contributed by atoms with van der Waals surface area (Å²) in [6, 6.07) is 12.9. The number of nitrogens with zero attached hydrogens (tertiary/aromatic N) is 1. The van der Waals surface area contributed by atoms with Crippen LogP contribution in [0.3, 0.4) is 0 Å². The maximum absolute atomic E-state index is 5.91. The highest BCUT2D eigenvalue weighted by Gasteiger charge is 2.20. The summed E-state index contributed by atoms with van der Waals surface area (Å²) in [7, 11) is 0. The zero-order chi connectivity index (χ0) is 13.8. The molecule has 3 nitrogen and oxygen atoms in total. The van der Waals surface area contributed by atoms with Gasteiger partial charge in [0.25, 0.3) is 0 Å². The molecule has 2 aromatic rings. The first kappa shape index (κ1) is 13.3. The lowest BCUT2D eigenvalue weighted by Crippen LogP contribution is -2.29. The predicted molar refractivity (Wildman–Crippen MR) is 79.5 cm³/mol. The SMILES string of the molecule is C[C@H](NCC1OCCc2ccccc21)c1cccnc1. The molecule has 0 saturated carbocycles. The number of aromatic nitrogens is 1. The summed E-state index contributed by atoms with van der Waals surface area (Å²) >= 11 is 0. The Bertz CT molecular complexity index is 556. The number of fused-ring (bicyclic) bond motifs is 1. The minimum absolute atomic E-state index is 0.152. The molecule has 3 rings (SSSR count). The fourth-order valence-electron chi connectivity index (χ4n) is 2.68. The normalized spacial score (nSPS) is 19.4. The molecule has 0 amide bonds. The van der Waals surface area contributed by atoms with Crippen LogP contribution in [0.15, 0.2) is 48.8 Å². The van der Waals surface area contributed by atoms with E-state index in [-0.39, 0.29) is 12.1 Å². The highest BCUT2D eigenvalue weighted by Crippen LogP contribution is 2.26. The molecule has 1 aromatic carbocycles. The lowest BCUT2D eigenvalue weighted by atomic mass is 9.97. The van der Waals surface area contributed by atoms with Crippen molar-refractivity contribution in [2.24, 2.45) is 0 Å². The summed E-state index contributed by atoms with van der Waals surface area (Å²) < 4.78 is 5.91. The standard InChI is InChI=1S/C17H20N2O/c1-13(15-6-4-9-18-11-15)19-12-17-16-7-3-2-5-14(16)8-10-20-17/h2-7,9,11,13,17,19H,8,10,12H2,1H3/t13-,17?/m0/s1. The molecule has 1 unspecified atom stereocenters. The van der Waals surface area contributed by atoms with Gasteiger partial charge in [-0.25, -0.2) is 0 Å². The van der Waals surface area contributed by atoms with Crippen LogP contribution in [0.4, 0.5) is 0 Å². The molecular weight excluding hydrogens is 248 g/mol. The van der Waals surface area contributed by atoms with Crippen molar-refractivity contribution in [3.8, 4) is 0 Å². The summed E-state index contributed by atoms with van der Waals surface area (Å²) in [5.74, 6) is 0. The van der Waals surface area contributed by atoms with Crippen LogP contribution < -0.4 is 5.32 Å². The van der Waals surface area contributed by atoms with E-state index in [0.29, 0.717) is 0 Å². The third kappa shape index (κ3) is 2.89. The van der Waals surface area contributed by atoms with E-state index in [0.717, 1.165) is 19.6 Å². The van der Waals surface area contributed by atoms with Gasteiger partial charge in [0.2, 0.25) is 0 Å². The smallest absolute Gasteiger partial charge is 0.0952 e. The summed E-state index contributed by atoms with van der Waals surface area (Å²) in [6.07, 6.45) is 4.88. The summed E-state index contributed by atoms with van der Waals surface area (Å²) in [5.41, 5.74) is 3.95. The molecular formula is C17H20N2O. The highest BCUT2D eigenvalue weighted by atomic mass is 16.5. The summed E-state index contributed by atoms with van der Waals surface area (Å²) in [6.45, 7) is 3.80. The Morgan fingerprint density at radius 3 is 3.05 bits per heavy atom. The van der Waals surface area contributed by atoms with E-state index in [1.165, 1.54) is 16.7 Å². The van der Waals surface area contributed by atoms with Crippen LogP contribution >= 0.6 is 0 Å². The van der Waals surface area contributed by atoms with E-state index in [1.54, 1.807) is 6.20 Å². The molecule has 1 N–H and O–H groups in total. The van der Waals surface area contributed by atoms with Crippen molar-refractivity contribution in [3.63, 3.8) is 0 Å². The second-order valence-electron chi connectivity index (χ2n) is 5.22. The van der Waals surface area contributed by atoms with Gasteiger partial charge in [0.05, 0.1) is 12.7 Å². The minimum Gasteiger partial charge on any atom is -0.372 e. The van der Waals surface area contributed by atoms with Crippen LogP contribution in [-0.4, -0.2) is 18.1 Å². The van der Waals surface area contributed by atoms with Gasteiger partial charge in [-0.05, 0) is 36.1 Å². The summed E-state index contributed by atoms with van der Waals surface area (Å²) in [5, 5.41) is 3.54. The largest absolute Gasteiger partial charge is 0.372 e. The van der Waals surface area contributed by atoms with Crippen LogP contribution in [0.25, 0.3) is 0 Å². The van der Waals surface area contributed by atoms with Crippen molar-refractivity contribution >= 4 is 0 Å². The number of pyridine rings is 1. The van der Waals surface area contributed by atoms with E-state index in [9.17, 15) is 0 Å². The third-order valence-corrected chi connectivity index (χ3v) is 3.89. The van der Waals surface area contributed by atoms with Gasteiger partial charge in [0.15, 0.2) is 0 Å². The first-order valence-electron chi connectivity index (χ1n) is 7.17. The van der Waals surface area contributed by atoms with Crippen molar-refractivity contribution in [1.82, 2.24) is 10.3 Å². The van der Waals surface area contributed by atoms with Crippen molar-refractivity contribution < 1.29 is 4.74 Å². The second-order valence-corrected chi connectivity index (χ2v) is 5.22. The minimum atomic E-state index is 0.152. The average molecular weight is 268 g/mol. The molecule has 0 aliphatic carbocycles. The molecule has 1 aliphatic heterocycles. The maximum Gasteiger partial charge on any atom is 0.0952 e. The van der Waals surface area contributed by atoms with Crippen molar-refractivity contribution in [1.29, 1.82) is 0 Å². The Balaban J connectivity index is 1.65. The van der Waals surface area contributed by atoms with Gasteiger partial charge in [-0.3, -0.25) is 4.98 Å². The average Bonchev–Trinajstić information content (AvgIpc) is 2.53. The molecule has 0 radical (unpaired) electrons. The molecule has 3 heteroatoms. The first-order valence-corrected chi connectivity index (χ1v) is 7.17. The molecule has 0 bridgehead atoms. The number of nitrogens with one attached hydrogen (secondary N) is 1. The Morgan fingerprint density at radius 1 is 1.30 bits per heavy atom. The van der Waals surface area contributed by atoms with Gasteiger partial charge >= 0.3 is 0 Å². The molecule has 20 heavy (non-hydrogen) atoms. The van der Waals surface area contributed by atoms with Crippen molar-refractivity contribution in [2.75, 3.05) is 13.2 Å². The molecule has 1 aliphatic rings. The van der Waals surface area contributed by atoms with Crippen LogP contribution in [0, 0.1) is 0 Å². The molecule has 2 heterocycles. The fraction of sp³-hybridized carbons (Fsp3) is 0.353. The lowest BCUT2D eigenvalue weighted by molar-refractivity contribution is 0.0409. The Hall–Kier alpha value is -1.71. The number of hydrogen-bond donors (Lipinski definition) is 1. The van der Waals surface area contributed by atoms with Crippen molar-refractivity contribution in [3.05, 3.63) is 65.5 Å². The van der Waals surface area contributed by atoms with Crippen LogP contribution in [0.5, 0.6) is 0 Å². The number of hydrogen-bond acceptors (Lipinski definition) is 3. The van der Waals surface area contributed by atoms with E-state index in [2.05, 4.69) is 47.6 Å². The quantitative estimate of drug-likeness (QED) is 0.925. The molecule has 0 spiro atoms. The van der Waals surface area contributed by atoms with E-state index in [1.807, 2.05) is 12.3 Å². The molecule has 0 fully saturated rings. The Kier molecular flexibility index (Phi) is 4.09. The highest BCUT2D eigenvalue weighted by molar-refractivity contribution is 5.31. The van der Waals surface area contributed by atoms with Gasteiger partial charge in [0, 0.05) is 25.0 Å². The molecule has 2 atom stereocenters. The van der Waals surface area contributed by atoms with Crippen LogP contribution in [0.2, 0.25) is 0 Å². The van der Waals surface area contributed by atoms with E-state index in [4.69, 9.17) is 4.74 Å². The maximum atomic E-state index is 5.91. The number of benzene rings is 1.